The van der Waals surface area contributed by atoms with Crippen LogP contribution in [0.2, 0.25) is 0 Å². The summed E-state index contributed by atoms with van der Waals surface area (Å²) in [5.41, 5.74) is 0.994. The van der Waals surface area contributed by atoms with Crippen LogP contribution in [0.25, 0.3) is 0 Å². The number of aryl methyl sites for hydroxylation is 1. The Balaban J connectivity index is 2.18. The first-order valence-corrected chi connectivity index (χ1v) is 5.30. The molecule has 2 heterocycles. The average molecular weight is 282 g/mol. The summed E-state index contributed by atoms with van der Waals surface area (Å²) in [5, 5.41) is 2.51. The number of hydrogen-bond acceptors (Lipinski definition) is 4. The molecule has 82 valence electrons. The maximum absolute atomic E-state index is 11.7. The number of rotatable bonds is 2. The minimum Gasteiger partial charge on any atom is -0.432 e. The number of nitrogens with zero attached hydrogens (tertiary/aromatic N) is 2. The summed E-state index contributed by atoms with van der Waals surface area (Å²) in [4.78, 5) is 19.7. The number of carbonyl (C=O) groups excluding carboxylic acids is 1. The van der Waals surface area contributed by atoms with Crippen LogP contribution in [-0.4, -0.2) is 15.9 Å². The first-order chi connectivity index (χ1) is 7.66. The van der Waals surface area contributed by atoms with Crippen LogP contribution in [0.4, 0.5) is 6.01 Å². The van der Waals surface area contributed by atoms with Gasteiger partial charge in [0.05, 0.1) is 5.69 Å². The van der Waals surface area contributed by atoms with Crippen LogP contribution in [0.5, 0.6) is 0 Å². The standard InChI is InChI=1S/C10H8BrN3O2/c1-6-5-16-10(13-6)14-9(15)8-7(11)3-2-4-12-8/h2-5H,1H3,(H,13,14,15). The summed E-state index contributed by atoms with van der Waals surface area (Å²) in [7, 11) is 0. The van der Waals surface area contributed by atoms with E-state index in [1.165, 1.54) is 6.26 Å². The topological polar surface area (TPSA) is 68.0 Å². The molecule has 0 radical (unpaired) electrons. The van der Waals surface area contributed by atoms with E-state index in [2.05, 4.69) is 31.2 Å². The van der Waals surface area contributed by atoms with Crippen LogP contribution in [0.3, 0.4) is 0 Å². The van der Waals surface area contributed by atoms with Gasteiger partial charge in [-0.2, -0.15) is 4.98 Å². The number of pyridine rings is 1. The van der Waals surface area contributed by atoms with E-state index in [0.29, 0.717) is 15.9 Å². The lowest BCUT2D eigenvalue weighted by molar-refractivity contribution is 0.101. The van der Waals surface area contributed by atoms with Gasteiger partial charge in [0.1, 0.15) is 12.0 Å². The van der Waals surface area contributed by atoms with Gasteiger partial charge in [0.2, 0.25) is 0 Å². The van der Waals surface area contributed by atoms with Crippen molar-refractivity contribution >= 4 is 27.9 Å². The van der Waals surface area contributed by atoms with Crippen LogP contribution < -0.4 is 5.32 Å². The molecule has 0 spiro atoms. The first kappa shape index (κ1) is 10.8. The summed E-state index contributed by atoms with van der Waals surface area (Å²) in [6.07, 6.45) is 3.00. The monoisotopic (exact) mass is 281 g/mol. The molecule has 0 aliphatic heterocycles. The molecule has 0 bridgehead atoms. The number of amides is 1. The molecule has 0 aliphatic carbocycles. The number of hydrogen-bond donors (Lipinski definition) is 1. The second-order valence-corrected chi connectivity index (χ2v) is 3.94. The van der Waals surface area contributed by atoms with Gasteiger partial charge in [-0.3, -0.25) is 10.1 Å². The molecule has 0 fully saturated rings. The van der Waals surface area contributed by atoms with Crippen molar-refractivity contribution in [3.63, 3.8) is 0 Å². The Hall–Kier alpha value is -1.69. The third-order valence-electron chi connectivity index (χ3n) is 1.81. The van der Waals surface area contributed by atoms with Crippen LogP contribution in [0.15, 0.2) is 33.5 Å². The van der Waals surface area contributed by atoms with Crippen LogP contribution in [-0.2, 0) is 0 Å². The predicted molar refractivity (Wildman–Crippen MR) is 61.1 cm³/mol. The molecule has 16 heavy (non-hydrogen) atoms. The maximum Gasteiger partial charge on any atom is 0.301 e. The van der Waals surface area contributed by atoms with Crippen molar-refractivity contribution in [3.8, 4) is 0 Å². The lowest BCUT2D eigenvalue weighted by atomic mass is 10.3. The van der Waals surface area contributed by atoms with Crippen molar-refractivity contribution in [2.75, 3.05) is 5.32 Å². The predicted octanol–water partition coefficient (Wildman–Crippen LogP) is 2.39. The van der Waals surface area contributed by atoms with Gasteiger partial charge in [0.25, 0.3) is 5.91 Å². The Labute approximate surface area is 100 Å². The van der Waals surface area contributed by atoms with Crippen molar-refractivity contribution in [1.29, 1.82) is 0 Å². The molecule has 5 nitrogen and oxygen atoms in total. The highest BCUT2D eigenvalue weighted by atomic mass is 79.9. The fourth-order valence-electron chi connectivity index (χ4n) is 1.12. The summed E-state index contributed by atoms with van der Waals surface area (Å²) in [6, 6.07) is 3.64. The van der Waals surface area contributed by atoms with Crippen LogP contribution in [0.1, 0.15) is 16.2 Å². The highest BCUT2D eigenvalue weighted by molar-refractivity contribution is 9.10. The highest BCUT2D eigenvalue weighted by Crippen LogP contribution is 2.15. The molecule has 0 saturated heterocycles. The quantitative estimate of drug-likeness (QED) is 0.918. The van der Waals surface area contributed by atoms with Crippen molar-refractivity contribution in [2.24, 2.45) is 0 Å². The Kier molecular flexibility index (Phi) is 3.00. The number of halogens is 1. The Bertz CT molecular complexity index is 524. The van der Waals surface area contributed by atoms with E-state index in [1.807, 2.05) is 0 Å². The van der Waals surface area contributed by atoms with E-state index < -0.39 is 0 Å². The molecule has 2 rings (SSSR count). The zero-order valence-corrected chi connectivity index (χ0v) is 9.98. The van der Waals surface area contributed by atoms with E-state index >= 15 is 0 Å². The molecular formula is C10H8BrN3O2. The molecule has 0 aromatic carbocycles. The second kappa shape index (κ2) is 4.44. The average Bonchev–Trinajstić information content (AvgIpc) is 2.64. The molecule has 6 heteroatoms. The smallest absolute Gasteiger partial charge is 0.301 e. The zero-order valence-electron chi connectivity index (χ0n) is 8.40. The minimum atomic E-state index is -0.366. The van der Waals surface area contributed by atoms with E-state index in [4.69, 9.17) is 4.42 Å². The van der Waals surface area contributed by atoms with Crippen molar-refractivity contribution in [1.82, 2.24) is 9.97 Å². The summed E-state index contributed by atoms with van der Waals surface area (Å²) >= 11 is 3.24. The molecular weight excluding hydrogens is 274 g/mol. The summed E-state index contributed by atoms with van der Waals surface area (Å²) in [6.45, 7) is 1.77. The van der Waals surface area contributed by atoms with E-state index in [9.17, 15) is 4.79 Å². The number of anilines is 1. The number of aromatic nitrogens is 2. The third-order valence-corrected chi connectivity index (χ3v) is 2.45. The van der Waals surface area contributed by atoms with Gasteiger partial charge in [-0.15, -0.1) is 0 Å². The Morgan fingerprint density at radius 1 is 1.56 bits per heavy atom. The summed E-state index contributed by atoms with van der Waals surface area (Å²) < 4.78 is 5.63. The molecule has 1 N–H and O–H groups in total. The highest BCUT2D eigenvalue weighted by Gasteiger charge is 2.13. The largest absolute Gasteiger partial charge is 0.432 e. The van der Waals surface area contributed by atoms with Crippen molar-refractivity contribution in [3.05, 3.63) is 40.5 Å². The Morgan fingerprint density at radius 2 is 2.38 bits per heavy atom. The van der Waals surface area contributed by atoms with Gasteiger partial charge in [-0.25, -0.2) is 4.98 Å². The lowest BCUT2D eigenvalue weighted by Crippen LogP contribution is -2.14. The van der Waals surface area contributed by atoms with E-state index in [-0.39, 0.29) is 11.9 Å². The maximum atomic E-state index is 11.7. The van der Waals surface area contributed by atoms with Gasteiger partial charge >= 0.3 is 6.01 Å². The molecule has 0 atom stereocenters. The lowest BCUT2D eigenvalue weighted by Gasteiger charge is -2.01. The van der Waals surface area contributed by atoms with Crippen molar-refractivity contribution < 1.29 is 9.21 Å². The molecule has 1 amide bonds. The second-order valence-electron chi connectivity index (χ2n) is 3.08. The van der Waals surface area contributed by atoms with Crippen LogP contribution >= 0.6 is 15.9 Å². The van der Waals surface area contributed by atoms with Gasteiger partial charge in [0.15, 0.2) is 0 Å². The third kappa shape index (κ3) is 2.27. The van der Waals surface area contributed by atoms with Gasteiger partial charge in [-0.05, 0) is 35.0 Å². The van der Waals surface area contributed by atoms with Gasteiger partial charge in [0, 0.05) is 10.7 Å². The molecule has 0 saturated carbocycles. The van der Waals surface area contributed by atoms with E-state index in [1.54, 1.807) is 25.3 Å². The molecule has 0 aliphatic rings. The fourth-order valence-corrected chi connectivity index (χ4v) is 1.56. The van der Waals surface area contributed by atoms with Gasteiger partial charge in [-0.1, -0.05) is 0 Å². The molecule has 2 aromatic heterocycles. The normalized spacial score (nSPS) is 10.1. The fraction of sp³-hybridized carbons (Fsp3) is 0.100. The zero-order chi connectivity index (χ0) is 11.5. The van der Waals surface area contributed by atoms with E-state index in [0.717, 1.165) is 0 Å². The SMILES string of the molecule is Cc1coc(NC(=O)c2ncccc2Br)n1. The number of oxazole rings is 1. The minimum absolute atomic E-state index is 0.167. The van der Waals surface area contributed by atoms with Gasteiger partial charge < -0.3 is 4.42 Å². The number of nitrogens with one attached hydrogen (secondary N) is 1. The molecule has 2 aromatic rings. The van der Waals surface area contributed by atoms with Crippen LogP contribution in [0, 0.1) is 6.92 Å². The first-order valence-electron chi connectivity index (χ1n) is 4.51. The Morgan fingerprint density at radius 3 is 3.00 bits per heavy atom. The van der Waals surface area contributed by atoms with Crippen molar-refractivity contribution in [2.45, 2.75) is 6.92 Å². The molecule has 0 unspecified atom stereocenters. The summed E-state index contributed by atoms with van der Waals surface area (Å²) in [5.74, 6) is -0.366. The number of carbonyl (C=O) groups is 1.